The first-order chi connectivity index (χ1) is 13.9. The molecule has 0 fully saturated rings. The van der Waals surface area contributed by atoms with Crippen LogP contribution in [0, 0.1) is 17.5 Å². The maximum absolute atomic E-state index is 13.6. The van der Waals surface area contributed by atoms with Crippen molar-refractivity contribution in [2.24, 2.45) is 4.99 Å². The quantitative estimate of drug-likeness (QED) is 0.371. The summed E-state index contributed by atoms with van der Waals surface area (Å²) in [6, 6.07) is 6.79. The molecular formula is C19H21F3N4O3. The molecule has 0 aliphatic rings. The molecule has 0 aromatic heterocycles. The van der Waals surface area contributed by atoms with Gasteiger partial charge in [-0.1, -0.05) is 0 Å². The number of halogens is 3. The predicted molar refractivity (Wildman–Crippen MR) is 104 cm³/mol. The number of anilines is 2. The summed E-state index contributed by atoms with van der Waals surface area (Å²) < 4.78 is 50.5. The van der Waals surface area contributed by atoms with Gasteiger partial charge in [0.2, 0.25) is 5.91 Å². The lowest BCUT2D eigenvalue weighted by molar-refractivity contribution is -0.115. The van der Waals surface area contributed by atoms with Crippen LogP contribution in [0.1, 0.15) is 6.92 Å². The molecule has 2 rings (SSSR count). The number of carbonyl (C=O) groups excluding carboxylic acids is 1. The Balaban J connectivity index is 1.98. The first-order valence-corrected chi connectivity index (χ1v) is 8.61. The molecule has 0 aliphatic carbocycles. The third-order valence-electron chi connectivity index (χ3n) is 3.68. The highest BCUT2D eigenvalue weighted by atomic mass is 19.2. The van der Waals surface area contributed by atoms with E-state index in [2.05, 4.69) is 20.9 Å². The molecule has 1 amide bonds. The summed E-state index contributed by atoms with van der Waals surface area (Å²) in [7, 11) is 3.02. The lowest BCUT2D eigenvalue weighted by Crippen LogP contribution is -2.37. The summed E-state index contributed by atoms with van der Waals surface area (Å²) in [5, 5.41) is 7.85. The first kappa shape index (κ1) is 21.9. The third kappa shape index (κ3) is 5.77. The molecule has 0 unspecified atom stereocenters. The maximum Gasteiger partial charge on any atom is 0.243 e. The highest BCUT2D eigenvalue weighted by molar-refractivity contribution is 5.99. The molecule has 156 valence electrons. The van der Waals surface area contributed by atoms with Crippen LogP contribution in [0.5, 0.6) is 11.5 Å². The molecule has 0 heterocycles. The minimum absolute atomic E-state index is 0.249. The van der Waals surface area contributed by atoms with Gasteiger partial charge < -0.3 is 25.4 Å². The number of rotatable bonds is 7. The smallest absolute Gasteiger partial charge is 0.243 e. The van der Waals surface area contributed by atoms with Crippen molar-refractivity contribution in [2.45, 2.75) is 6.92 Å². The Labute approximate surface area is 165 Å². The molecule has 0 saturated heterocycles. The van der Waals surface area contributed by atoms with Gasteiger partial charge in [0.1, 0.15) is 0 Å². The predicted octanol–water partition coefficient (Wildman–Crippen LogP) is 3.14. The SMILES string of the molecule is CCOc1cc(NC(=NC)NCC(=O)Nc2ccc(F)c(F)c2F)ccc1OC. The maximum atomic E-state index is 13.6. The van der Waals surface area contributed by atoms with Gasteiger partial charge in [0.05, 0.1) is 25.9 Å². The second-order valence-electron chi connectivity index (χ2n) is 5.62. The van der Waals surface area contributed by atoms with Crippen LogP contribution in [-0.4, -0.2) is 39.2 Å². The summed E-state index contributed by atoms with van der Waals surface area (Å²) in [6.07, 6.45) is 0. The average molecular weight is 410 g/mol. The van der Waals surface area contributed by atoms with Crippen molar-refractivity contribution in [3.8, 4) is 11.5 Å². The van der Waals surface area contributed by atoms with Gasteiger partial charge in [-0.25, -0.2) is 13.2 Å². The number of amides is 1. The Hall–Kier alpha value is -3.43. The van der Waals surface area contributed by atoms with E-state index >= 15 is 0 Å². The number of nitrogens with zero attached hydrogens (tertiary/aromatic N) is 1. The third-order valence-corrected chi connectivity index (χ3v) is 3.68. The van der Waals surface area contributed by atoms with Crippen molar-refractivity contribution < 1.29 is 27.4 Å². The van der Waals surface area contributed by atoms with Gasteiger partial charge in [-0.05, 0) is 31.2 Å². The van der Waals surface area contributed by atoms with E-state index in [-0.39, 0.29) is 12.5 Å². The average Bonchev–Trinajstić information content (AvgIpc) is 2.72. The Morgan fingerprint density at radius 3 is 2.48 bits per heavy atom. The number of aliphatic imine (C=N–C) groups is 1. The molecule has 0 saturated carbocycles. The largest absolute Gasteiger partial charge is 0.493 e. The fourth-order valence-electron chi connectivity index (χ4n) is 2.32. The number of benzene rings is 2. The Morgan fingerprint density at radius 2 is 1.83 bits per heavy atom. The van der Waals surface area contributed by atoms with Gasteiger partial charge in [0.25, 0.3) is 0 Å². The number of hydrogen-bond donors (Lipinski definition) is 3. The van der Waals surface area contributed by atoms with Crippen LogP contribution in [0.25, 0.3) is 0 Å². The van der Waals surface area contributed by atoms with E-state index in [4.69, 9.17) is 9.47 Å². The zero-order valence-electron chi connectivity index (χ0n) is 16.1. The molecule has 3 N–H and O–H groups in total. The van der Waals surface area contributed by atoms with Crippen molar-refractivity contribution in [3.05, 3.63) is 47.8 Å². The van der Waals surface area contributed by atoms with E-state index < -0.39 is 29.0 Å². The van der Waals surface area contributed by atoms with Crippen molar-refractivity contribution in [1.29, 1.82) is 0 Å². The molecule has 0 spiro atoms. The Kier molecular flexibility index (Phi) is 7.70. The normalized spacial score (nSPS) is 11.0. The molecule has 0 atom stereocenters. The summed E-state index contributed by atoms with van der Waals surface area (Å²) in [6.45, 7) is 1.99. The molecular weight excluding hydrogens is 389 g/mol. The van der Waals surface area contributed by atoms with E-state index in [9.17, 15) is 18.0 Å². The van der Waals surface area contributed by atoms with Gasteiger partial charge in [0.15, 0.2) is 34.9 Å². The summed E-state index contributed by atoms with van der Waals surface area (Å²) >= 11 is 0. The van der Waals surface area contributed by atoms with Gasteiger partial charge in [-0.15, -0.1) is 0 Å². The molecule has 2 aromatic carbocycles. The second kappa shape index (κ2) is 10.2. The molecule has 29 heavy (non-hydrogen) atoms. The highest BCUT2D eigenvalue weighted by Crippen LogP contribution is 2.30. The number of hydrogen-bond acceptors (Lipinski definition) is 4. The Bertz CT molecular complexity index is 907. The lowest BCUT2D eigenvalue weighted by Gasteiger charge is -2.15. The molecule has 0 radical (unpaired) electrons. The summed E-state index contributed by atoms with van der Waals surface area (Å²) in [5.41, 5.74) is 0.157. The fourth-order valence-corrected chi connectivity index (χ4v) is 2.32. The van der Waals surface area contributed by atoms with E-state index in [1.54, 1.807) is 18.2 Å². The van der Waals surface area contributed by atoms with Crippen molar-refractivity contribution in [3.63, 3.8) is 0 Å². The van der Waals surface area contributed by atoms with Crippen LogP contribution in [0.15, 0.2) is 35.3 Å². The fraction of sp³-hybridized carbons (Fsp3) is 0.263. The van der Waals surface area contributed by atoms with Crippen LogP contribution < -0.4 is 25.4 Å². The topological polar surface area (TPSA) is 84.0 Å². The molecule has 0 aliphatic heterocycles. The van der Waals surface area contributed by atoms with E-state index in [0.29, 0.717) is 23.8 Å². The van der Waals surface area contributed by atoms with Gasteiger partial charge >= 0.3 is 0 Å². The second-order valence-corrected chi connectivity index (χ2v) is 5.62. The van der Waals surface area contributed by atoms with Crippen LogP contribution in [0.2, 0.25) is 0 Å². The molecule has 7 nitrogen and oxygen atoms in total. The Morgan fingerprint density at radius 1 is 1.07 bits per heavy atom. The zero-order valence-corrected chi connectivity index (χ0v) is 16.1. The van der Waals surface area contributed by atoms with Gasteiger partial charge in [-0.2, -0.15) is 0 Å². The number of methoxy groups -OCH3 is 1. The monoisotopic (exact) mass is 410 g/mol. The number of carbonyl (C=O) groups is 1. The van der Waals surface area contributed by atoms with E-state index in [1.807, 2.05) is 6.92 Å². The highest BCUT2D eigenvalue weighted by Gasteiger charge is 2.15. The lowest BCUT2D eigenvalue weighted by atomic mass is 10.2. The van der Waals surface area contributed by atoms with Gasteiger partial charge in [0, 0.05) is 18.8 Å². The first-order valence-electron chi connectivity index (χ1n) is 8.61. The van der Waals surface area contributed by atoms with Crippen LogP contribution in [0.3, 0.4) is 0 Å². The van der Waals surface area contributed by atoms with Crippen molar-refractivity contribution >= 4 is 23.2 Å². The summed E-state index contributed by atoms with van der Waals surface area (Å²) in [5.74, 6) is -3.80. The van der Waals surface area contributed by atoms with E-state index in [0.717, 1.165) is 12.1 Å². The van der Waals surface area contributed by atoms with E-state index in [1.165, 1.54) is 14.2 Å². The molecule has 0 bridgehead atoms. The zero-order chi connectivity index (χ0) is 21.4. The number of ether oxygens (including phenoxy) is 2. The van der Waals surface area contributed by atoms with Crippen LogP contribution in [-0.2, 0) is 4.79 Å². The minimum atomic E-state index is -1.65. The van der Waals surface area contributed by atoms with Crippen LogP contribution >= 0.6 is 0 Å². The van der Waals surface area contributed by atoms with Crippen molar-refractivity contribution in [1.82, 2.24) is 5.32 Å². The number of nitrogens with one attached hydrogen (secondary N) is 3. The van der Waals surface area contributed by atoms with Crippen LogP contribution in [0.4, 0.5) is 24.5 Å². The van der Waals surface area contributed by atoms with Crippen molar-refractivity contribution in [2.75, 3.05) is 37.9 Å². The molecule has 10 heteroatoms. The molecule has 2 aromatic rings. The van der Waals surface area contributed by atoms with Gasteiger partial charge in [-0.3, -0.25) is 9.79 Å². The minimum Gasteiger partial charge on any atom is -0.493 e. The standard InChI is InChI=1S/C19H21F3N4O3/c1-4-29-15-9-11(5-8-14(15)28-3)25-19(23-2)24-10-16(27)26-13-7-6-12(20)17(21)18(13)22/h5-9H,4,10H2,1-3H3,(H,26,27)(H2,23,24,25). The summed E-state index contributed by atoms with van der Waals surface area (Å²) in [4.78, 5) is 16.0. The number of guanidine groups is 1.